The summed E-state index contributed by atoms with van der Waals surface area (Å²) in [5, 5.41) is 6.28. The van der Waals surface area contributed by atoms with Crippen LogP contribution in [-0.4, -0.2) is 65.8 Å². The van der Waals surface area contributed by atoms with Crippen molar-refractivity contribution in [1.82, 2.24) is 20.4 Å². The number of benzene rings is 2. The number of nitrogens with zero attached hydrogens (tertiary/aromatic N) is 2. The average Bonchev–Trinajstić information content (AvgIpc) is 3.32. The number of carbonyl (C=O) groups excluding carboxylic acids is 2. The van der Waals surface area contributed by atoms with Crippen LogP contribution in [0.25, 0.3) is 0 Å². The maximum absolute atomic E-state index is 13.1. The van der Waals surface area contributed by atoms with Gasteiger partial charge < -0.3 is 25.2 Å². The second kappa shape index (κ2) is 14.0. The highest BCUT2D eigenvalue weighted by atomic mass is 16.6. The first-order chi connectivity index (χ1) is 19.2. The van der Waals surface area contributed by atoms with E-state index in [0.29, 0.717) is 18.4 Å². The van der Waals surface area contributed by atoms with Crippen molar-refractivity contribution >= 4 is 12.1 Å². The molecule has 1 saturated carbocycles. The van der Waals surface area contributed by atoms with Crippen LogP contribution in [0, 0.1) is 5.92 Å². The van der Waals surface area contributed by atoms with Gasteiger partial charge in [-0.15, -0.1) is 0 Å². The van der Waals surface area contributed by atoms with Gasteiger partial charge in [-0.1, -0.05) is 67.6 Å². The van der Waals surface area contributed by atoms with Gasteiger partial charge in [-0.25, -0.2) is 9.59 Å². The van der Waals surface area contributed by atoms with Crippen molar-refractivity contribution in [2.45, 2.75) is 89.9 Å². The first-order valence-electron chi connectivity index (χ1n) is 15.1. The third-order valence-corrected chi connectivity index (χ3v) is 8.15. The van der Waals surface area contributed by atoms with Crippen molar-refractivity contribution < 1.29 is 14.3 Å². The number of carbonyl (C=O) groups is 2. The number of likely N-dealkylation sites (tertiary alicyclic amines) is 1. The molecule has 1 saturated heterocycles. The first-order valence-corrected chi connectivity index (χ1v) is 15.1. The quantitative estimate of drug-likeness (QED) is 0.394. The molecule has 2 aromatic rings. The van der Waals surface area contributed by atoms with E-state index in [-0.39, 0.29) is 24.2 Å². The lowest BCUT2D eigenvalue weighted by Gasteiger charge is -2.39. The van der Waals surface area contributed by atoms with Crippen molar-refractivity contribution in [3.63, 3.8) is 0 Å². The molecule has 1 aliphatic heterocycles. The van der Waals surface area contributed by atoms with E-state index >= 15 is 0 Å². The fourth-order valence-electron chi connectivity index (χ4n) is 6.34. The Morgan fingerprint density at radius 1 is 0.975 bits per heavy atom. The van der Waals surface area contributed by atoms with Crippen molar-refractivity contribution in [2.75, 3.05) is 26.2 Å². The third-order valence-electron chi connectivity index (χ3n) is 8.15. The molecule has 40 heavy (non-hydrogen) atoms. The zero-order valence-electron chi connectivity index (χ0n) is 24.8. The minimum Gasteiger partial charge on any atom is -0.444 e. The zero-order chi connectivity index (χ0) is 28.5. The minimum atomic E-state index is -0.505. The summed E-state index contributed by atoms with van der Waals surface area (Å²) < 4.78 is 5.54. The number of hydrogen-bond acceptors (Lipinski definition) is 4. The van der Waals surface area contributed by atoms with Crippen LogP contribution in [0.1, 0.15) is 76.8 Å². The van der Waals surface area contributed by atoms with Gasteiger partial charge in [0.15, 0.2) is 0 Å². The van der Waals surface area contributed by atoms with Gasteiger partial charge >= 0.3 is 12.1 Å². The summed E-state index contributed by atoms with van der Waals surface area (Å²) in [7, 11) is 0. The van der Waals surface area contributed by atoms with Gasteiger partial charge in [0.25, 0.3) is 0 Å². The van der Waals surface area contributed by atoms with Gasteiger partial charge in [-0.2, -0.15) is 0 Å². The summed E-state index contributed by atoms with van der Waals surface area (Å²) >= 11 is 0. The molecule has 3 amide bonds. The Labute approximate surface area is 240 Å². The van der Waals surface area contributed by atoms with E-state index in [1.807, 2.05) is 51.1 Å². The van der Waals surface area contributed by atoms with Crippen LogP contribution >= 0.6 is 0 Å². The van der Waals surface area contributed by atoms with Gasteiger partial charge in [0.1, 0.15) is 5.60 Å². The first kappa shape index (κ1) is 29.9. The third kappa shape index (κ3) is 8.72. The summed E-state index contributed by atoms with van der Waals surface area (Å²) in [6, 6.07) is 21.2. The molecule has 2 N–H and O–H groups in total. The van der Waals surface area contributed by atoms with Crippen LogP contribution in [0.15, 0.2) is 60.7 Å². The van der Waals surface area contributed by atoms with E-state index in [1.165, 1.54) is 5.56 Å². The van der Waals surface area contributed by atoms with Crippen molar-refractivity contribution in [1.29, 1.82) is 0 Å². The molecule has 2 aromatic carbocycles. The maximum atomic E-state index is 13.1. The van der Waals surface area contributed by atoms with Gasteiger partial charge in [-0.3, -0.25) is 0 Å². The van der Waals surface area contributed by atoms with Crippen molar-refractivity contribution in [2.24, 2.45) is 5.92 Å². The number of ether oxygens (including phenoxy) is 1. The molecule has 2 aliphatic rings. The average molecular weight is 549 g/mol. The number of piperidine rings is 1. The fourth-order valence-corrected chi connectivity index (χ4v) is 6.34. The second-order valence-electron chi connectivity index (χ2n) is 12.5. The number of hydrogen-bond donors (Lipinski definition) is 2. The number of urea groups is 1. The number of alkyl carbamates (subject to hydrolysis) is 1. The largest absolute Gasteiger partial charge is 0.444 e. The van der Waals surface area contributed by atoms with Gasteiger partial charge in [0.2, 0.25) is 0 Å². The molecular formula is C33H48N4O3. The second-order valence-corrected chi connectivity index (χ2v) is 12.5. The van der Waals surface area contributed by atoms with Gasteiger partial charge in [-0.05, 0) is 75.8 Å². The van der Waals surface area contributed by atoms with Crippen LogP contribution in [0.3, 0.4) is 0 Å². The molecule has 0 aromatic heterocycles. The highest BCUT2D eigenvalue weighted by Gasteiger charge is 2.38. The standard InChI is InChI=1S/C33H48N4O3/c1-5-18-37(31(38)34-23-25-12-8-6-9-13-25)29-16-19-36(20-17-29)24-27-21-28(35-32(39)40-33(2,3)4)22-30(27)26-14-10-7-11-15-26/h6-15,27-30H,5,16-24H2,1-4H3,(H,34,38)(H,35,39). The molecule has 1 heterocycles. The van der Waals surface area contributed by atoms with Crippen LogP contribution in [0.5, 0.6) is 0 Å². The smallest absolute Gasteiger partial charge is 0.407 e. The summed E-state index contributed by atoms with van der Waals surface area (Å²) in [5.74, 6) is 0.860. The molecule has 3 unspecified atom stereocenters. The van der Waals surface area contributed by atoms with E-state index in [2.05, 4.69) is 57.7 Å². The lowest BCUT2D eigenvalue weighted by molar-refractivity contribution is 0.0503. The number of rotatable bonds is 9. The molecule has 4 rings (SSSR count). The Kier molecular flexibility index (Phi) is 10.5. The van der Waals surface area contributed by atoms with Crippen LogP contribution in [0.2, 0.25) is 0 Å². The predicted octanol–water partition coefficient (Wildman–Crippen LogP) is 6.16. The Hall–Kier alpha value is -3.06. The minimum absolute atomic E-state index is 0.0418. The zero-order valence-corrected chi connectivity index (χ0v) is 24.8. The normalized spacial score (nSPS) is 22.1. The molecule has 3 atom stereocenters. The fraction of sp³-hybridized carbons (Fsp3) is 0.576. The summed E-state index contributed by atoms with van der Waals surface area (Å²) in [5.41, 5.74) is 1.96. The SMILES string of the molecule is CCCN(C(=O)NCc1ccccc1)C1CCN(CC2CC(NC(=O)OC(C)(C)C)CC2c2ccccc2)CC1. The monoisotopic (exact) mass is 548 g/mol. The molecule has 0 radical (unpaired) electrons. The number of nitrogens with one attached hydrogen (secondary N) is 2. The summed E-state index contributed by atoms with van der Waals surface area (Å²) in [6.07, 6.45) is 4.47. The van der Waals surface area contributed by atoms with Crippen LogP contribution in [-0.2, 0) is 11.3 Å². The van der Waals surface area contributed by atoms with Crippen molar-refractivity contribution in [3.05, 3.63) is 71.8 Å². The maximum Gasteiger partial charge on any atom is 0.407 e. The number of amides is 3. The van der Waals surface area contributed by atoms with Crippen LogP contribution in [0.4, 0.5) is 9.59 Å². The van der Waals surface area contributed by atoms with Crippen LogP contribution < -0.4 is 10.6 Å². The summed E-state index contributed by atoms with van der Waals surface area (Å²) in [6.45, 7) is 12.1. The topological polar surface area (TPSA) is 73.9 Å². The molecule has 1 aliphatic carbocycles. The molecule has 7 heteroatoms. The molecule has 2 fully saturated rings. The Morgan fingerprint density at radius 2 is 1.62 bits per heavy atom. The Bertz CT molecular complexity index is 1060. The molecule has 0 spiro atoms. The Balaban J connectivity index is 1.33. The highest BCUT2D eigenvalue weighted by molar-refractivity contribution is 5.74. The van der Waals surface area contributed by atoms with Gasteiger partial charge in [0.05, 0.1) is 0 Å². The van der Waals surface area contributed by atoms with Gasteiger partial charge in [0, 0.05) is 44.8 Å². The van der Waals surface area contributed by atoms with Crippen molar-refractivity contribution in [3.8, 4) is 0 Å². The molecule has 218 valence electrons. The summed E-state index contributed by atoms with van der Waals surface area (Å²) in [4.78, 5) is 30.3. The van der Waals surface area contributed by atoms with E-state index in [0.717, 1.165) is 63.8 Å². The Morgan fingerprint density at radius 3 is 2.25 bits per heavy atom. The highest BCUT2D eigenvalue weighted by Crippen LogP contribution is 2.41. The molecule has 0 bridgehead atoms. The predicted molar refractivity (Wildman–Crippen MR) is 160 cm³/mol. The van der Waals surface area contributed by atoms with E-state index < -0.39 is 5.60 Å². The van der Waals surface area contributed by atoms with E-state index in [9.17, 15) is 9.59 Å². The molecular weight excluding hydrogens is 500 g/mol. The lowest BCUT2D eigenvalue weighted by Crippen LogP contribution is -2.51. The lowest BCUT2D eigenvalue weighted by atomic mass is 9.88. The molecule has 7 nitrogen and oxygen atoms in total. The van der Waals surface area contributed by atoms with E-state index in [1.54, 1.807) is 0 Å². The van der Waals surface area contributed by atoms with E-state index in [4.69, 9.17) is 4.74 Å².